The van der Waals surface area contributed by atoms with Crippen LogP contribution in [-0.2, 0) is 12.8 Å². The highest BCUT2D eigenvalue weighted by Crippen LogP contribution is 2.48. The molecule has 176 valence electrons. The zero-order valence-electron chi connectivity index (χ0n) is 20.2. The molecule has 1 atom stereocenters. The molecule has 0 fully saturated rings. The second kappa shape index (κ2) is 8.16. The van der Waals surface area contributed by atoms with Gasteiger partial charge in [0.2, 0.25) is 0 Å². The van der Waals surface area contributed by atoms with E-state index in [9.17, 15) is 0 Å². The fraction of sp³-hybridized carbons (Fsp3) is 0.0882. The third-order valence-corrected chi connectivity index (χ3v) is 9.05. The summed E-state index contributed by atoms with van der Waals surface area (Å²) in [7, 11) is 0. The SMILES string of the molecule is c1ccc(C2=NC(c3cccc4c3-c3sc5ccccc5c3CC4)Nc3c2ccc2ccccc32)cc1. The lowest BCUT2D eigenvalue weighted by molar-refractivity contribution is 0.824. The molecule has 0 saturated heterocycles. The first-order chi connectivity index (χ1) is 18.3. The molecule has 6 aromatic rings. The first-order valence-electron chi connectivity index (χ1n) is 12.9. The second-order valence-corrected chi connectivity index (χ2v) is 10.9. The van der Waals surface area contributed by atoms with Gasteiger partial charge >= 0.3 is 0 Å². The van der Waals surface area contributed by atoms with E-state index < -0.39 is 0 Å². The quantitative estimate of drug-likeness (QED) is 0.257. The molecule has 1 aromatic heterocycles. The van der Waals surface area contributed by atoms with Gasteiger partial charge in [-0.2, -0.15) is 0 Å². The summed E-state index contributed by atoms with van der Waals surface area (Å²) in [6.45, 7) is 0. The van der Waals surface area contributed by atoms with Crippen molar-refractivity contribution in [2.24, 2.45) is 4.99 Å². The topological polar surface area (TPSA) is 24.4 Å². The summed E-state index contributed by atoms with van der Waals surface area (Å²) in [5.74, 6) is 0. The lowest BCUT2D eigenvalue weighted by Gasteiger charge is -2.30. The van der Waals surface area contributed by atoms with Crippen LogP contribution in [0.2, 0.25) is 0 Å². The number of aliphatic imine (C=N–C) groups is 1. The summed E-state index contributed by atoms with van der Waals surface area (Å²) in [5.41, 5.74) is 10.1. The Morgan fingerprint density at radius 3 is 2.43 bits per heavy atom. The van der Waals surface area contributed by atoms with E-state index in [1.807, 2.05) is 11.3 Å². The molecule has 5 aromatic carbocycles. The molecule has 37 heavy (non-hydrogen) atoms. The monoisotopic (exact) mass is 492 g/mol. The van der Waals surface area contributed by atoms with Crippen LogP contribution in [0.1, 0.15) is 34.0 Å². The third-order valence-electron chi connectivity index (χ3n) is 7.82. The smallest absolute Gasteiger partial charge is 0.146 e. The third kappa shape index (κ3) is 3.21. The van der Waals surface area contributed by atoms with Crippen LogP contribution in [0.4, 0.5) is 5.69 Å². The molecule has 1 N–H and O–H groups in total. The molecule has 0 radical (unpaired) electrons. The first-order valence-corrected chi connectivity index (χ1v) is 13.7. The van der Waals surface area contributed by atoms with Gasteiger partial charge in [0.1, 0.15) is 6.17 Å². The van der Waals surface area contributed by atoms with E-state index in [-0.39, 0.29) is 6.17 Å². The molecule has 2 heterocycles. The summed E-state index contributed by atoms with van der Waals surface area (Å²) in [5, 5.41) is 7.77. The Balaban J connectivity index is 1.38. The lowest BCUT2D eigenvalue weighted by atomic mass is 9.85. The van der Waals surface area contributed by atoms with Crippen LogP contribution in [0.3, 0.4) is 0 Å². The maximum Gasteiger partial charge on any atom is 0.146 e. The van der Waals surface area contributed by atoms with Gasteiger partial charge in [0.25, 0.3) is 0 Å². The Kier molecular flexibility index (Phi) is 4.61. The van der Waals surface area contributed by atoms with Crippen molar-refractivity contribution < 1.29 is 0 Å². The number of aryl methyl sites for hydroxylation is 2. The highest BCUT2D eigenvalue weighted by molar-refractivity contribution is 7.22. The Bertz CT molecular complexity index is 1860. The van der Waals surface area contributed by atoms with E-state index in [1.54, 1.807) is 0 Å². The molecule has 2 aliphatic rings. The van der Waals surface area contributed by atoms with Crippen molar-refractivity contribution in [3.8, 4) is 10.4 Å². The van der Waals surface area contributed by atoms with Crippen molar-refractivity contribution in [2.45, 2.75) is 19.0 Å². The number of rotatable bonds is 2. The van der Waals surface area contributed by atoms with E-state index in [1.165, 1.54) is 53.7 Å². The average Bonchev–Trinajstić information content (AvgIpc) is 3.36. The fourth-order valence-corrected chi connectivity index (χ4v) is 7.46. The van der Waals surface area contributed by atoms with Gasteiger partial charge in [0, 0.05) is 37.2 Å². The molecular formula is C34H24N2S. The number of nitrogens with zero attached hydrogens (tertiary/aromatic N) is 1. The van der Waals surface area contributed by atoms with Crippen molar-refractivity contribution in [1.29, 1.82) is 0 Å². The van der Waals surface area contributed by atoms with Gasteiger partial charge in [0.05, 0.1) is 11.4 Å². The van der Waals surface area contributed by atoms with Crippen molar-refractivity contribution in [3.63, 3.8) is 0 Å². The van der Waals surface area contributed by atoms with Crippen LogP contribution in [0.25, 0.3) is 31.3 Å². The van der Waals surface area contributed by atoms with Gasteiger partial charge in [-0.15, -0.1) is 11.3 Å². The van der Waals surface area contributed by atoms with E-state index in [0.29, 0.717) is 0 Å². The summed E-state index contributed by atoms with van der Waals surface area (Å²) < 4.78 is 1.37. The van der Waals surface area contributed by atoms with Crippen LogP contribution < -0.4 is 5.32 Å². The Morgan fingerprint density at radius 2 is 1.51 bits per heavy atom. The molecule has 2 nitrogen and oxygen atoms in total. The molecule has 1 aliphatic carbocycles. The van der Waals surface area contributed by atoms with Crippen LogP contribution in [0.15, 0.2) is 114 Å². The minimum Gasteiger partial charge on any atom is -0.359 e. The van der Waals surface area contributed by atoms with Crippen LogP contribution in [-0.4, -0.2) is 5.71 Å². The number of benzene rings is 5. The highest BCUT2D eigenvalue weighted by atomic mass is 32.1. The zero-order chi connectivity index (χ0) is 24.3. The lowest BCUT2D eigenvalue weighted by Crippen LogP contribution is -2.22. The largest absolute Gasteiger partial charge is 0.359 e. The number of thiophene rings is 1. The Hall–Kier alpha value is -4.21. The average molecular weight is 493 g/mol. The van der Waals surface area contributed by atoms with Gasteiger partial charge in [-0.3, -0.25) is 4.99 Å². The minimum absolute atomic E-state index is 0.167. The van der Waals surface area contributed by atoms with Gasteiger partial charge < -0.3 is 5.32 Å². The predicted molar refractivity (Wildman–Crippen MR) is 157 cm³/mol. The van der Waals surface area contributed by atoms with Crippen molar-refractivity contribution in [2.75, 3.05) is 5.32 Å². The summed E-state index contributed by atoms with van der Waals surface area (Å²) in [4.78, 5) is 6.83. The molecule has 0 amide bonds. The summed E-state index contributed by atoms with van der Waals surface area (Å²) >= 11 is 1.93. The normalized spacial score (nSPS) is 16.0. The van der Waals surface area contributed by atoms with Crippen molar-refractivity contribution >= 4 is 43.6 Å². The second-order valence-electron chi connectivity index (χ2n) is 9.89. The van der Waals surface area contributed by atoms with Gasteiger partial charge in [-0.05, 0) is 40.8 Å². The standard InChI is InChI=1S/C34H24N2S/c1-2-10-23(11-3-1)31-28-20-17-21-9-4-5-13-24(21)32(28)36-34(35-31)27-15-8-12-22-18-19-26-25-14-6-7-16-29(25)37-33(26)30(22)27/h1-17,20,34,36H,18-19H2. The summed E-state index contributed by atoms with van der Waals surface area (Å²) in [6, 6.07) is 39.3. The van der Waals surface area contributed by atoms with Gasteiger partial charge in [-0.1, -0.05) is 103 Å². The molecule has 0 spiro atoms. The van der Waals surface area contributed by atoms with E-state index in [2.05, 4.69) is 115 Å². The minimum atomic E-state index is -0.167. The predicted octanol–water partition coefficient (Wildman–Crippen LogP) is 8.78. The van der Waals surface area contributed by atoms with Gasteiger partial charge in [0.15, 0.2) is 0 Å². The van der Waals surface area contributed by atoms with Crippen LogP contribution in [0.5, 0.6) is 0 Å². The Labute approximate surface area is 219 Å². The number of hydrogen-bond acceptors (Lipinski definition) is 3. The molecule has 1 aliphatic heterocycles. The van der Waals surface area contributed by atoms with Crippen molar-refractivity contribution in [1.82, 2.24) is 0 Å². The highest BCUT2D eigenvalue weighted by Gasteiger charge is 2.30. The van der Waals surface area contributed by atoms with Crippen molar-refractivity contribution in [3.05, 3.63) is 137 Å². The molecule has 0 saturated carbocycles. The fourth-order valence-electron chi connectivity index (χ4n) is 6.11. The van der Waals surface area contributed by atoms with Gasteiger partial charge in [-0.25, -0.2) is 0 Å². The van der Waals surface area contributed by atoms with Crippen LogP contribution in [0, 0.1) is 0 Å². The van der Waals surface area contributed by atoms with E-state index in [0.717, 1.165) is 29.7 Å². The maximum atomic E-state index is 5.42. The molecule has 3 heteroatoms. The first kappa shape index (κ1) is 20.9. The Morgan fingerprint density at radius 1 is 0.703 bits per heavy atom. The number of hydrogen-bond donors (Lipinski definition) is 1. The number of fused-ring (bicyclic) bond motifs is 8. The molecular weight excluding hydrogens is 468 g/mol. The zero-order valence-corrected chi connectivity index (χ0v) is 21.1. The number of anilines is 1. The van der Waals surface area contributed by atoms with Crippen LogP contribution >= 0.6 is 11.3 Å². The maximum absolute atomic E-state index is 5.42. The molecule has 8 rings (SSSR count). The summed E-state index contributed by atoms with van der Waals surface area (Å²) in [6.07, 6.45) is 2.00. The molecule has 0 bridgehead atoms. The van der Waals surface area contributed by atoms with E-state index >= 15 is 0 Å². The number of nitrogens with one attached hydrogen (secondary N) is 1. The van der Waals surface area contributed by atoms with E-state index in [4.69, 9.17) is 4.99 Å². The molecule has 1 unspecified atom stereocenters.